The summed E-state index contributed by atoms with van der Waals surface area (Å²) < 4.78 is 30.5. The quantitative estimate of drug-likeness (QED) is 0.613. The van der Waals surface area contributed by atoms with Gasteiger partial charge in [-0.05, 0) is 26.0 Å². The van der Waals surface area contributed by atoms with E-state index < -0.39 is 9.73 Å². The van der Waals surface area contributed by atoms with Gasteiger partial charge in [0.15, 0.2) is 5.82 Å². The lowest BCUT2D eigenvalue weighted by atomic mass is 10.2. The van der Waals surface area contributed by atoms with Gasteiger partial charge in [-0.2, -0.15) is 14.3 Å². The molecule has 4 heterocycles. The van der Waals surface area contributed by atoms with Gasteiger partial charge in [0.1, 0.15) is 11.6 Å². The molecule has 1 aromatic carbocycles. The minimum absolute atomic E-state index is 0.0764. The van der Waals surface area contributed by atoms with Gasteiger partial charge in [0.25, 0.3) is 0 Å². The number of ether oxygens (including phenoxy) is 2. The number of anilines is 1. The molecule has 0 unspecified atom stereocenters. The summed E-state index contributed by atoms with van der Waals surface area (Å²) in [6.45, 7) is 6.95. The van der Waals surface area contributed by atoms with Crippen LogP contribution in [0.25, 0.3) is 17.0 Å². The van der Waals surface area contributed by atoms with Gasteiger partial charge >= 0.3 is 0 Å². The minimum atomic E-state index is -2.48. The van der Waals surface area contributed by atoms with Crippen molar-refractivity contribution in [2.75, 3.05) is 44.1 Å². The predicted molar refractivity (Wildman–Crippen MR) is 120 cm³/mol. The van der Waals surface area contributed by atoms with Gasteiger partial charge in [-0.3, -0.25) is 4.57 Å². The molecule has 0 saturated carbocycles. The Bertz CT molecular complexity index is 1250. The van der Waals surface area contributed by atoms with Crippen molar-refractivity contribution in [2.45, 2.75) is 25.1 Å². The lowest BCUT2D eigenvalue weighted by Crippen LogP contribution is -2.44. The fourth-order valence-corrected chi connectivity index (χ4v) is 5.21. The summed E-state index contributed by atoms with van der Waals surface area (Å²) in [6.07, 6.45) is 1.68. The van der Waals surface area contributed by atoms with Crippen LogP contribution in [0.15, 0.2) is 34.7 Å². The normalized spacial score (nSPS) is 21.6. The van der Waals surface area contributed by atoms with Crippen molar-refractivity contribution in [3.63, 3.8) is 0 Å². The summed E-state index contributed by atoms with van der Waals surface area (Å²) >= 11 is 0. The van der Waals surface area contributed by atoms with Crippen molar-refractivity contribution in [1.29, 1.82) is 0 Å². The molecule has 0 aliphatic carbocycles. The molecule has 3 aromatic rings. The number of hydrogen-bond acceptors (Lipinski definition) is 8. The van der Waals surface area contributed by atoms with Crippen LogP contribution in [-0.2, 0) is 19.2 Å². The first-order valence-electron chi connectivity index (χ1n) is 10.4. The monoisotopic (exact) mass is 442 g/mol. The van der Waals surface area contributed by atoms with E-state index in [-0.39, 0.29) is 11.3 Å². The summed E-state index contributed by atoms with van der Waals surface area (Å²) in [6, 6.07) is 9.87. The van der Waals surface area contributed by atoms with Crippen molar-refractivity contribution >= 4 is 32.4 Å². The molecule has 2 aromatic heterocycles. The van der Waals surface area contributed by atoms with Gasteiger partial charge in [-0.15, -0.1) is 0 Å². The van der Waals surface area contributed by atoms with Gasteiger partial charge in [-0.1, -0.05) is 12.1 Å². The second-order valence-electron chi connectivity index (χ2n) is 8.10. The largest absolute Gasteiger partial charge is 0.379 e. The number of benzene rings is 1. The highest BCUT2D eigenvalue weighted by molar-refractivity contribution is 7.93. The lowest BCUT2D eigenvalue weighted by molar-refractivity contribution is 0.0431. The first kappa shape index (κ1) is 20.3. The van der Waals surface area contributed by atoms with Crippen molar-refractivity contribution in [3.05, 3.63) is 36.2 Å². The van der Waals surface area contributed by atoms with Crippen LogP contribution in [0.1, 0.15) is 12.7 Å². The maximum atomic E-state index is 13.2. The first-order valence-corrected chi connectivity index (χ1v) is 12.4. The van der Waals surface area contributed by atoms with Crippen LogP contribution in [0.4, 0.5) is 11.6 Å². The van der Waals surface area contributed by atoms with Gasteiger partial charge < -0.3 is 14.4 Å². The molecule has 31 heavy (non-hydrogen) atoms. The number of fused-ring (bicyclic) bond motifs is 1. The van der Waals surface area contributed by atoms with Gasteiger partial charge in [0.2, 0.25) is 5.95 Å². The molecule has 2 atom stereocenters. The molecule has 10 heteroatoms. The molecule has 2 aliphatic heterocycles. The minimum Gasteiger partial charge on any atom is -0.379 e. The Kier molecular flexibility index (Phi) is 5.15. The molecular weight excluding hydrogens is 416 g/mol. The number of hydrogen-bond donors (Lipinski definition) is 0. The van der Waals surface area contributed by atoms with Crippen molar-refractivity contribution in [1.82, 2.24) is 19.5 Å². The summed E-state index contributed by atoms with van der Waals surface area (Å²) in [5.41, 5.74) is 1.79. The molecule has 0 N–H and O–H groups in total. The maximum absolute atomic E-state index is 13.2. The number of aromatic nitrogens is 4. The van der Waals surface area contributed by atoms with Crippen LogP contribution in [0.3, 0.4) is 0 Å². The Morgan fingerprint density at radius 1 is 1.13 bits per heavy atom. The van der Waals surface area contributed by atoms with E-state index in [0.717, 1.165) is 29.2 Å². The lowest BCUT2D eigenvalue weighted by Gasteiger charge is -2.34. The molecule has 2 aliphatic rings. The van der Waals surface area contributed by atoms with Crippen LogP contribution < -0.4 is 4.90 Å². The van der Waals surface area contributed by atoms with Gasteiger partial charge in [-0.25, -0.2) is 9.19 Å². The predicted octanol–water partition coefficient (Wildman–Crippen LogP) is 2.48. The Morgan fingerprint density at radius 2 is 1.94 bits per heavy atom. The number of rotatable bonds is 4. The summed E-state index contributed by atoms with van der Waals surface area (Å²) in [5, 5.41) is -0.0764. The fourth-order valence-electron chi connectivity index (χ4n) is 3.90. The summed E-state index contributed by atoms with van der Waals surface area (Å²) in [4.78, 5) is 16.4. The van der Waals surface area contributed by atoms with Crippen LogP contribution in [0, 0.1) is 6.92 Å². The molecule has 2 fully saturated rings. The van der Waals surface area contributed by atoms with E-state index in [2.05, 4.69) is 21.2 Å². The standard InChI is InChI=1S/C21H26N6O3S/c1-14-11-29-9-8-26(14)20-10-19(25-31(3,28)16-12-30-13-16)23-21(24-20)27-15(2)22-17-6-4-5-7-18(17)27/h4-7,10,14,16H,8-9,11-13H2,1-3H3/t14-,31-/m1/s1. The molecular formula is C21H26N6O3S. The van der Waals surface area contributed by atoms with E-state index in [1.54, 1.807) is 6.26 Å². The van der Waals surface area contributed by atoms with E-state index in [1.807, 2.05) is 41.8 Å². The summed E-state index contributed by atoms with van der Waals surface area (Å²) in [5.74, 6) is 2.41. The third kappa shape index (κ3) is 3.79. The van der Waals surface area contributed by atoms with Crippen molar-refractivity contribution in [3.8, 4) is 5.95 Å². The van der Waals surface area contributed by atoms with Gasteiger partial charge in [0.05, 0.1) is 58.5 Å². The average Bonchev–Trinajstić information content (AvgIpc) is 3.01. The molecule has 9 nitrogen and oxygen atoms in total. The number of para-hydroxylation sites is 2. The summed E-state index contributed by atoms with van der Waals surface area (Å²) in [7, 11) is -2.48. The molecule has 2 saturated heterocycles. The fraction of sp³-hybridized carbons (Fsp3) is 0.476. The van der Waals surface area contributed by atoms with Crippen LogP contribution in [-0.4, -0.2) is 74.2 Å². The smallest absolute Gasteiger partial charge is 0.239 e. The molecule has 0 radical (unpaired) electrons. The highest BCUT2D eigenvalue weighted by Crippen LogP contribution is 2.28. The van der Waals surface area contributed by atoms with Crippen LogP contribution in [0.2, 0.25) is 0 Å². The number of imidazole rings is 1. The maximum Gasteiger partial charge on any atom is 0.239 e. The van der Waals surface area contributed by atoms with E-state index in [0.29, 0.717) is 38.2 Å². The van der Waals surface area contributed by atoms with E-state index in [1.165, 1.54) is 0 Å². The average molecular weight is 443 g/mol. The second-order valence-corrected chi connectivity index (χ2v) is 10.7. The zero-order valence-electron chi connectivity index (χ0n) is 17.9. The highest BCUT2D eigenvalue weighted by atomic mass is 32.2. The molecule has 0 spiro atoms. The highest BCUT2D eigenvalue weighted by Gasteiger charge is 2.28. The van der Waals surface area contributed by atoms with Crippen LogP contribution in [0.5, 0.6) is 0 Å². The Balaban J connectivity index is 1.68. The molecule has 0 amide bonds. The van der Waals surface area contributed by atoms with Crippen molar-refractivity contribution in [2.24, 2.45) is 4.36 Å². The zero-order valence-corrected chi connectivity index (χ0v) is 18.7. The molecule has 5 rings (SSSR count). The van der Waals surface area contributed by atoms with E-state index in [9.17, 15) is 4.21 Å². The van der Waals surface area contributed by atoms with Crippen LogP contribution >= 0.6 is 0 Å². The number of morpholine rings is 1. The Labute approximate surface area is 181 Å². The van der Waals surface area contributed by atoms with E-state index >= 15 is 0 Å². The topological polar surface area (TPSA) is 94.7 Å². The molecule has 164 valence electrons. The first-order chi connectivity index (χ1) is 14.9. The number of nitrogens with zero attached hydrogens (tertiary/aromatic N) is 6. The second kappa shape index (κ2) is 7.85. The Hall–Kier alpha value is -2.56. The zero-order chi connectivity index (χ0) is 21.6. The van der Waals surface area contributed by atoms with Crippen molar-refractivity contribution < 1.29 is 13.7 Å². The third-order valence-electron chi connectivity index (χ3n) is 5.78. The van der Waals surface area contributed by atoms with E-state index in [4.69, 9.17) is 19.4 Å². The Morgan fingerprint density at radius 3 is 2.68 bits per heavy atom. The van der Waals surface area contributed by atoms with Gasteiger partial charge in [0, 0.05) is 18.9 Å². The SMILES string of the molecule is Cc1nc2ccccc2n1-c1nc(N=[S@](C)(=O)C2COC2)cc(N2CCOC[C@H]2C)n1. The number of aryl methyl sites for hydroxylation is 1. The molecule has 0 bridgehead atoms. The third-order valence-corrected chi connectivity index (χ3v) is 7.84.